The highest BCUT2D eigenvalue weighted by Gasteiger charge is 2.54. The van der Waals surface area contributed by atoms with Crippen molar-refractivity contribution >= 4 is 33.1 Å². The van der Waals surface area contributed by atoms with Crippen molar-refractivity contribution in [3.8, 4) is 0 Å². The number of rotatable bonds is 1. The number of halogens is 2. The lowest BCUT2D eigenvalue weighted by atomic mass is 10.1. The predicted molar refractivity (Wildman–Crippen MR) is 82.3 cm³/mol. The first-order chi connectivity index (χ1) is 9.98. The van der Waals surface area contributed by atoms with Crippen LogP contribution in [-0.4, -0.2) is 26.6 Å². The minimum Gasteiger partial charge on any atom is -0.282 e. The Kier molecular flexibility index (Phi) is 3.02. The van der Waals surface area contributed by atoms with Crippen molar-refractivity contribution in [3.05, 3.63) is 39.2 Å². The van der Waals surface area contributed by atoms with Gasteiger partial charge in [-0.05, 0) is 32.4 Å². The minimum absolute atomic E-state index is 0.124. The van der Waals surface area contributed by atoms with Crippen LogP contribution in [-0.2, 0) is 10.1 Å². The molecule has 9 heteroatoms. The molecule has 3 heterocycles. The van der Waals surface area contributed by atoms with E-state index in [4.69, 9.17) is 0 Å². The van der Waals surface area contributed by atoms with Gasteiger partial charge >= 0.3 is 21.3 Å². The van der Waals surface area contributed by atoms with E-state index in [-0.39, 0.29) is 17.0 Å². The van der Waals surface area contributed by atoms with Crippen LogP contribution in [0.5, 0.6) is 0 Å². The van der Waals surface area contributed by atoms with E-state index in [2.05, 4.69) is 0 Å². The summed E-state index contributed by atoms with van der Waals surface area (Å²) in [5.74, 6) is 0. The maximum atomic E-state index is 15.0. The third-order valence-electron chi connectivity index (χ3n) is 3.92. The predicted octanol–water partition coefficient (Wildman–Crippen LogP) is 3.36. The molecule has 1 aromatic rings. The third-order valence-corrected chi connectivity index (χ3v) is 6.87. The highest BCUT2D eigenvalue weighted by molar-refractivity contribution is 8.18. The molecule has 3 rings (SSSR count). The van der Waals surface area contributed by atoms with Gasteiger partial charge in [0, 0.05) is 24.3 Å². The standard InChI is InChI=1S/C13H14F2N2O3S2/c1-7-5-8(2)16-11(7)6-12-9(3)13(21(18,19)20)10(4)17(12)22(16,14)15/h5-6H,1-4H3/p+1. The molecule has 0 bridgehead atoms. The van der Waals surface area contributed by atoms with Gasteiger partial charge in [0.1, 0.15) is 0 Å². The first kappa shape index (κ1) is 15.4. The van der Waals surface area contributed by atoms with Gasteiger partial charge in [0.2, 0.25) is 11.4 Å². The Hall–Kier alpha value is -1.45. The number of hydrogen-bond acceptors (Lipinski definition) is 2. The van der Waals surface area contributed by atoms with Crippen LogP contribution in [0.15, 0.2) is 22.2 Å². The van der Waals surface area contributed by atoms with Crippen LogP contribution in [0.3, 0.4) is 0 Å². The van der Waals surface area contributed by atoms with Crippen molar-refractivity contribution in [3.63, 3.8) is 0 Å². The van der Waals surface area contributed by atoms with Crippen molar-refractivity contribution in [2.24, 2.45) is 0 Å². The summed E-state index contributed by atoms with van der Waals surface area (Å²) in [5.41, 5.74) is 1.58. The summed E-state index contributed by atoms with van der Waals surface area (Å²) in [6, 6.07) is 1.67. The Balaban J connectivity index is 2.43. The molecule has 0 radical (unpaired) electrons. The van der Waals surface area contributed by atoms with Gasteiger partial charge in [0.15, 0.2) is 4.91 Å². The van der Waals surface area contributed by atoms with E-state index >= 15 is 7.77 Å². The van der Waals surface area contributed by atoms with E-state index in [0.29, 0.717) is 17.0 Å². The molecular formula is C13H15F2N2O3S2+. The smallest absolute Gasteiger partial charge is 0.282 e. The minimum atomic E-state index is -4.57. The average molecular weight is 349 g/mol. The molecule has 0 atom stereocenters. The zero-order valence-electron chi connectivity index (χ0n) is 12.4. The largest absolute Gasteiger partial charge is 0.387 e. The number of aryl methyl sites for hydroxylation is 2. The Morgan fingerprint density at radius 1 is 1.23 bits per heavy atom. The van der Waals surface area contributed by atoms with Crippen LogP contribution in [0.2, 0.25) is 0 Å². The van der Waals surface area contributed by atoms with Crippen molar-refractivity contribution < 1.29 is 24.7 Å². The van der Waals surface area contributed by atoms with Gasteiger partial charge in [-0.25, -0.2) is 3.97 Å². The Morgan fingerprint density at radius 2 is 1.82 bits per heavy atom. The van der Waals surface area contributed by atoms with E-state index in [1.54, 1.807) is 26.0 Å². The van der Waals surface area contributed by atoms with Crippen LogP contribution >= 0.6 is 11.2 Å². The fraction of sp³-hybridized carbons (Fsp3) is 0.308. The van der Waals surface area contributed by atoms with Crippen molar-refractivity contribution in [1.29, 1.82) is 0 Å². The molecule has 1 N–H and O–H groups in total. The van der Waals surface area contributed by atoms with Crippen LogP contribution in [0, 0.1) is 13.8 Å². The SMILES string of the molecule is CC1=C(S(=O)(=O)O)C(C)=[N+]2C1=Cc1c(C)cc(C)n1S2(F)F. The molecule has 0 spiro atoms. The van der Waals surface area contributed by atoms with Gasteiger partial charge in [-0.15, -0.1) is 0 Å². The second-order valence-electron chi connectivity index (χ2n) is 5.40. The van der Waals surface area contributed by atoms with E-state index in [1.807, 2.05) is 0 Å². The van der Waals surface area contributed by atoms with Crippen molar-refractivity contribution in [1.82, 2.24) is 3.97 Å². The first-order valence-corrected chi connectivity index (χ1v) is 9.23. The van der Waals surface area contributed by atoms with Crippen LogP contribution in [0.1, 0.15) is 30.8 Å². The summed E-state index contributed by atoms with van der Waals surface area (Å²) in [6.45, 7) is 6.03. The summed E-state index contributed by atoms with van der Waals surface area (Å²) in [7, 11) is -4.57. The van der Waals surface area contributed by atoms with Gasteiger partial charge in [0.25, 0.3) is 0 Å². The normalized spacial score (nSPS) is 21.7. The molecule has 1 aromatic heterocycles. The third kappa shape index (κ3) is 1.79. The quantitative estimate of drug-likeness (QED) is 0.625. The number of aromatic nitrogens is 1. The molecule has 0 saturated heterocycles. The maximum absolute atomic E-state index is 15.0. The van der Waals surface area contributed by atoms with E-state index in [1.165, 1.54) is 13.8 Å². The molecule has 2 aliphatic rings. The summed E-state index contributed by atoms with van der Waals surface area (Å²) in [5, 5.41) is 0. The highest BCUT2D eigenvalue weighted by Crippen LogP contribution is 2.62. The van der Waals surface area contributed by atoms with E-state index in [0.717, 1.165) is 7.95 Å². The first-order valence-electron chi connectivity index (χ1n) is 6.44. The zero-order valence-corrected chi connectivity index (χ0v) is 14.0. The number of nitrogens with zero attached hydrogens (tertiary/aromatic N) is 2. The van der Waals surface area contributed by atoms with Crippen LogP contribution in [0.4, 0.5) is 7.77 Å². The molecule has 0 amide bonds. The van der Waals surface area contributed by atoms with Crippen molar-refractivity contribution in [2.75, 3.05) is 0 Å². The number of hydrogen-bond donors (Lipinski definition) is 1. The average Bonchev–Trinajstić information content (AvgIpc) is 2.75. The summed E-state index contributed by atoms with van der Waals surface area (Å²) < 4.78 is 64.2. The molecular weight excluding hydrogens is 334 g/mol. The molecule has 0 aliphatic carbocycles. The topological polar surface area (TPSA) is 62.3 Å². The highest BCUT2D eigenvalue weighted by atomic mass is 32.3. The molecule has 5 nitrogen and oxygen atoms in total. The van der Waals surface area contributed by atoms with Gasteiger partial charge < -0.3 is 0 Å². The maximum Gasteiger partial charge on any atom is 0.387 e. The summed E-state index contributed by atoms with van der Waals surface area (Å²) in [4.78, 5) is -0.438. The lowest BCUT2D eigenvalue weighted by molar-refractivity contribution is -0.303. The second kappa shape index (κ2) is 4.30. The molecule has 120 valence electrons. The zero-order chi connectivity index (χ0) is 16.6. The van der Waals surface area contributed by atoms with Gasteiger partial charge in [0.05, 0.1) is 5.69 Å². The van der Waals surface area contributed by atoms with Crippen molar-refractivity contribution in [2.45, 2.75) is 27.7 Å². The summed E-state index contributed by atoms with van der Waals surface area (Å²) >= 11 is -4.48. The number of allylic oxidation sites excluding steroid dienone is 2. The molecule has 0 unspecified atom stereocenters. The van der Waals surface area contributed by atoms with Crippen LogP contribution in [0.25, 0.3) is 6.08 Å². The second-order valence-corrected chi connectivity index (χ2v) is 8.32. The Labute approximate surface area is 129 Å². The Morgan fingerprint density at radius 3 is 2.36 bits per heavy atom. The molecule has 2 aliphatic heterocycles. The monoisotopic (exact) mass is 349 g/mol. The lowest BCUT2D eigenvalue weighted by Gasteiger charge is -2.25. The summed E-state index contributed by atoms with van der Waals surface area (Å²) in [6.07, 6.45) is 1.55. The molecule has 0 saturated carbocycles. The molecule has 0 aromatic carbocycles. The lowest BCUT2D eigenvalue weighted by Crippen LogP contribution is -2.25. The molecule has 0 fully saturated rings. The van der Waals surface area contributed by atoms with Gasteiger partial charge in [-0.2, -0.15) is 8.42 Å². The van der Waals surface area contributed by atoms with E-state index < -0.39 is 26.2 Å². The van der Waals surface area contributed by atoms with Crippen LogP contribution < -0.4 is 0 Å². The van der Waals surface area contributed by atoms with Gasteiger partial charge in [-0.3, -0.25) is 4.55 Å². The molecule has 22 heavy (non-hydrogen) atoms. The van der Waals surface area contributed by atoms with E-state index in [9.17, 15) is 13.0 Å². The fourth-order valence-electron chi connectivity index (χ4n) is 3.11. The van der Waals surface area contributed by atoms with Gasteiger partial charge in [-0.1, -0.05) is 11.8 Å². The fourth-order valence-corrected chi connectivity index (χ4v) is 5.97. The number of fused-ring (bicyclic) bond motifs is 2. The Bertz CT molecular complexity index is 921.